The molecule has 2 aliphatic rings. The highest BCUT2D eigenvalue weighted by atomic mass is 16.4. The van der Waals surface area contributed by atoms with Gasteiger partial charge in [0, 0.05) is 12.6 Å². The van der Waals surface area contributed by atoms with Crippen LogP contribution in [0, 0.1) is 11.3 Å². The Balaban J connectivity index is 2.01. The molecule has 5 heteroatoms. The summed E-state index contributed by atoms with van der Waals surface area (Å²) in [5.74, 6) is -0.513. The molecular weight excluding hydrogens is 256 g/mol. The number of aliphatic carboxylic acids is 1. The van der Waals surface area contributed by atoms with Gasteiger partial charge in [-0.05, 0) is 31.6 Å². The van der Waals surface area contributed by atoms with Crippen molar-refractivity contribution < 1.29 is 14.7 Å². The van der Waals surface area contributed by atoms with Crippen LogP contribution in [0.4, 0.5) is 0 Å². The average molecular weight is 282 g/mol. The number of nitrogens with one attached hydrogen (secondary N) is 1. The third-order valence-corrected chi connectivity index (χ3v) is 4.84. The summed E-state index contributed by atoms with van der Waals surface area (Å²) < 4.78 is 0. The van der Waals surface area contributed by atoms with Crippen molar-refractivity contribution in [1.82, 2.24) is 5.32 Å². The zero-order chi connectivity index (χ0) is 14.6. The SMILES string of the molecule is NCC1(C(=O)NC(CC(=O)O)C2CC2)CCCCCC1. The molecule has 4 N–H and O–H groups in total. The fraction of sp³-hybridized carbons (Fsp3) is 0.867. The van der Waals surface area contributed by atoms with Gasteiger partial charge in [0.15, 0.2) is 0 Å². The Morgan fingerprint density at radius 2 is 1.80 bits per heavy atom. The van der Waals surface area contributed by atoms with Crippen LogP contribution in [-0.4, -0.2) is 29.6 Å². The molecule has 0 aromatic heterocycles. The molecule has 0 heterocycles. The number of rotatable bonds is 6. The zero-order valence-corrected chi connectivity index (χ0v) is 12.1. The molecule has 0 radical (unpaired) electrons. The summed E-state index contributed by atoms with van der Waals surface area (Å²) in [6.45, 7) is 0.364. The molecule has 20 heavy (non-hydrogen) atoms. The van der Waals surface area contributed by atoms with Crippen molar-refractivity contribution in [3.05, 3.63) is 0 Å². The minimum Gasteiger partial charge on any atom is -0.481 e. The van der Waals surface area contributed by atoms with E-state index in [9.17, 15) is 9.59 Å². The standard InChI is InChI=1S/C15H26N2O3/c16-10-15(7-3-1-2-4-8-15)14(20)17-12(9-13(18)19)11-5-6-11/h11-12H,1-10,16H2,(H,17,20)(H,18,19). The van der Waals surface area contributed by atoms with Crippen LogP contribution < -0.4 is 11.1 Å². The fourth-order valence-corrected chi connectivity index (χ4v) is 3.27. The van der Waals surface area contributed by atoms with Crippen LogP contribution >= 0.6 is 0 Å². The van der Waals surface area contributed by atoms with Gasteiger partial charge in [0.2, 0.25) is 5.91 Å². The first-order chi connectivity index (χ1) is 9.57. The minimum absolute atomic E-state index is 0.0138. The number of hydrogen-bond acceptors (Lipinski definition) is 3. The molecular formula is C15H26N2O3. The Hall–Kier alpha value is -1.10. The molecule has 0 spiro atoms. The first-order valence-corrected chi connectivity index (χ1v) is 7.80. The third kappa shape index (κ3) is 3.72. The topological polar surface area (TPSA) is 92.4 Å². The molecule has 0 bridgehead atoms. The van der Waals surface area contributed by atoms with E-state index in [1.54, 1.807) is 0 Å². The highest BCUT2D eigenvalue weighted by molar-refractivity contribution is 5.83. The molecule has 114 valence electrons. The number of carbonyl (C=O) groups excluding carboxylic acids is 1. The lowest BCUT2D eigenvalue weighted by molar-refractivity contribution is -0.138. The summed E-state index contributed by atoms with van der Waals surface area (Å²) in [7, 11) is 0. The van der Waals surface area contributed by atoms with E-state index < -0.39 is 11.4 Å². The lowest BCUT2D eigenvalue weighted by atomic mass is 9.79. The Bertz CT molecular complexity index is 358. The van der Waals surface area contributed by atoms with Gasteiger partial charge in [-0.2, -0.15) is 0 Å². The molecule has 2 saturated carbocycles. The Kier molecular flexibility index (Phi) is 5.02. The second kappa shape index (κ2) is 6.57. The van der Waals surface area contributed by atoms with Gasteiger partial charge in [-0.1, -0.05) is 25.7 Å². The molecule has 2 aliphatic carbocycles. The van der Waals surface area contributed by atoms with E-state index in [0.29, 0.717) is 12.5 Å². The van der Waals surface area contributed by atoms with Crippen LogP contribution in [0.2, 0.25) is 0 Å². The van der Waals surface area contributed by atoms with Gasteiger partial charge in [-0.15, -0.1) is 0 Å². The highest BCUT2D eigenvalue weighted by Gasteiger charge is 2.41. The Labute approximate surface area is 120 Å². The van der Waals surface area contributed by atoms with Crippen molar-refractivity contribution in [2.45, 2.75) is 63.8 Å². The number of carbonyl (C=O) groups is 2. The van der Waals surface area contributed by atoms with Gasteiger partial charge in [0.05, 0.1) is 11.8 Å². The maximum Gasteiger partial charge on any atom is 0.305 e. The number of nitrogens with two attached hydrogens (primary N) is 1. The average Bonchev–Trinajstić information content (AvgIpc) is 3.24. The predicted octanol–water partition coefficient (Wildman–Crippen LogP) is 1.66. The van der Waals surface area contributed by atoms with Gasteiger partial charge in [-0.3, -0.25) is 9.59 Å². The van der Waals surface area contributed by atoms with Crippen molar-refractivity contribution in [1.29, 1.82) is 0 Å². The molecule has 5 nitrogen and oxygen atoms in total. The van der Waals surface area contributed by atoms with Crippen molar-refractivity contribution in [3.8, 4) is 0 Å². The summed E-state index contributed by atoms with van der Waals surface area (Å²) in [6.07, 6.45) is 8.14. The normalized spacial score (nSPS) is 23.6. The fourth-order valence-electron chi connectivity index (χ4n) is 3.27. The Morgan fingerprint density at radius 1 is 1.20 bits per heavy atom. The van der Waals surface area contributed by atoms with Gasteiger partial charge in [0.25, 0.3) is 0 Å². The third-order valence-electron chi connectivity index (χ3n) is 4.84. The molecule has 2 rings (SSSR count). The number of amides is 1. The second-order valence-electron chi connectivity index (χ2n) is 6.41. The van der Waals surface area contributed by atoms with E-state index >= 15 is 0 Å². The van der Waals surface area contributed by atoms with E-state index in [2.05, 4.69) is 5.32 Å². The summed E-state index contributed by atoms with van der Waals surface area (Å²) in [5.41, 5.74) is 5.43. The zero-order valence-electron chi connectivity index (χ0n) is 12.1. The second-order valence-corrected chi connectivity index (χ2v) is 6.41. The molecule has 0 aromatic carbocycles. The van der Waals surface area contributed by atoms with Crippen LogP contribution in [0.15, 0.2) is 0 Å². The Morgan fingerprint density at radius 3 is 2.25 bits per heavy atom. The van der Waals surface area contributed by atoms with Crippen molar-refractivity contribution in [2.24, 2.45) is 17.1 Å². The van der Waals surface area contributed by atoms with E-state index in [-0.39, 0.29) is 18.4 Å². The molecule has 0 aliphatic heterocycles. The molecule has 2 fully saturated rings. The van der Waals surface area contributed by atoms with Crippen molar-refractivity contribution in [3.63, 3.8) is 0 Å². The molecule has 1 unspecified atom stereocenters. The van der Waals surface area contributed by atoms with Crippen LogP contribution in [-0.2, 0) is 9.59 Å². The van der Waals surface area contributed by atoms with E-state index in [4.69, 9.17) is 10.8 Å². The van der Waals surface area contributed by atoms with Crippen molar-refractivity contribution >= 4 is 11.9 Å². The van der Waals surface area contributed by atoms with Crippen LogP contribution in [0.25, 0.3) is 0 Å². The van der Waals surface area contributed by atoms with Gasteiger partial charge >= 0.3 is 5.97 Å². The molecule has 1 atom stereocenters. The highest BCUT2D eigenvalue weighted by Crippen LogP contribution is 2.37. The van der Waals surface area contributed by atoms with Crippen LogP contribution in [0.5, 0.6) is 0 Å². The number of carboxylic acid groups (broad SMARTS) is 1. The monoisotopic (exact) mass is 282 g/mol. The first-order valence-electron chi connectivity index (χ1n) is 7.80. The predicted molar refractivity (Wildman–Crippen MR) is 76.1 cm³/mol. The number of carboxylic acids is 1. The summed E-state index contributed by atoms with van der Waals surface area (Å²) in [4.78, 5) is 23.6. The minimum atomic E-state index is -0.843. The van der Waals surface area contributed by atoms with E-state index in [0.717, 1.165) is 51.4 Å². The molecule has 1 amide bonds. The summed E-state index contributed by atoms with van der Waals surface area (Å²) >= 11 is 0. The smallest absolute Gasteiger partial charge is 0.305 e. The van der Waals surface area contributed by atoms with Crippen LogP contribution in [0.1, 0.15) is 57.8 Å². The summed E-state index contributed by atoms with van der Waals surface area (Å²) in [6, 6.07) is -0.216. The first kappa shape index (κ1) is 15.3. The maximum atomic E-state index is 12.6. The van der Waals surface area contributed by atoms with Crippen molar-refractivity contribution in [2.75, 3.05) is 6.54 Å². The molecule has 0 saturated heterocycles. The molecule has 0 aromatic rings. The largest absolute Gasteiger partial charge is 0.481 e. The number of hydrogen-bond donors (Lipinski definition) is 3. The van der Waals surface area contributed by atoms with Crippen LogP contribution in [0.3, 0.4) is 0 Å². The quantitative estimate of drug-likeness (QED) is 0.646. The summed E-state index contributed by atoms with van der Waals surface area (Å²) in [5, 5.41) is 12.0. The lowest BCUT2D eigenvalue weighted by Crippen LogP contribution is -2.50. The maximum absolute atomic E-state index is 12.6. The van der Waals surface area contributed by atoms with Gasteiger partial charge in [0.1, 0.15) is 0 Å². The van der Waals surface area contributed by atoms with E-state index in [1.165, 1.54) is 0 Å². The van der Waals surface area contributed by atoms with E-state index in [1.807, 2.05) is 0 Å². The van der Waals surface area contributed by atoms with Gasteiger partial charge < -0.3 is 16.2 Å². The lowest BCUT2D eigenvalue weighted by Gasteiger charge is -2.32. The van der Waals surface area contributed by atoms with Gasteiger partial charge in [-0.25, -0.2) is 0 Å².